The van der Waals surface area contributed by atoms with Gasteiger partial charge in [0, 0.05) is 19.8 Å². The fraction of sp³-hybridized carbons (Fsp3) is 0.545. The number of tetrazole rings is 1. The Bertz CT molecular complexity index is 621. The Balaban J connectivity index is 1.80. The number of aromatic nitrogens is 5. The van der Waals surface area contributed by atoms with E-state index in [2.05, 4.69) is 25.8 Å². The van der Waals surface area contributed by atoms with Gasteiger partial charge in [0.2, 0.25) is 0 Å². The van der Waals surface area contributed by atoms with E-state index in [-0.39, 0.29) is 6.54 Å². The Labute approximate surface area is 114 Å². The van der Waals surface area contributed by atoms with E-state index in [1.807, 2.05) is 0 Å². The van der Waals surface area contributed by atoms with Gasteiger partial charge in [-0.1, -0.05) is 0 Å². The van der Waals surface area contributed by atoms with Crippen molar-refractivity contribution in [1.82, 2.24) is 25.0 Å². The summed E-state index contributed by atoms with van der Waals surface area (Å²) in [5.74, 6) is -0.246. The maximum atomic E-state index is 11.6. The third kappa shape index (κ3) is 2.16. The van der Waals surface area contributed by atoms with Crippen molar-refractivity contribution in [1.29, 1.82) is 0 Å². The quantitative estimate of drug-likeness (QED) is 0.791. The minimum atomic E-state index is -0.825. The molecule has 0 atom stereocenters. The molecule has 1 fully saturated rings. The molecule has 0 bridgehead atoms. The number of anilines is 1. The molecular weight excluding hydrogens is 264 g/mol. The molecule has 3 rings (SSSR count). The topological polar surface area (TPSA) is 115 Å². The first kappa shape index (κ1) is 12.7. The zero-order chi connectivity index (χ0) is 14.0. The van der Waals surface area contributed by atoms with Crippen molar-refractivity contribution in [2.24, 2.45) is 5.41 Å². The second-order valence-corrected chi connectivity index (χ2v) is 4.79. The molecule has 1 aliphatic heterocycles. The lowest BCUT2D eigenvalue weighted by Gasteiger charge is -2.33. The lowest BCUT2D eigenvalue weighted by Crippen LogP contribution is -2.42. The summed E-state index contributed by atoms with van der Waals surface area (Å²) in [4.78, 5) is 15.6. The van der Waals surface area contributed by atoms with E-state index in [0.29, 0.717) is 37.5 Å². The van der Waals surface area contributed by atoms with Crippen molar-refractivity contribution in [2.45, 2.75) is 12.8 Å². The van der Waals surface area contributed by atoms with Crippen LogP contribution in [-0.2, 0) is 9.53 Å². The number of ether oxygens (including phenoxy) is 1. The first-order valence-corrected chi connectivity index (χ1v) is 6.28. The van der Waals surface area contributed by atoms with Gasteiger partial charge in [0.05, 0.1) is 17.8 Å². The Morgan fingerprint density at radius 1 is 1.45 bits per heavy atom. The van der Waals surface area contributed by atoms with Gasteiger partial charge in [0.1, 0.15) is 5.82 Å². The predicted octanol–water partition coefficient (Wildman–Crippen LogP) is -0.187. The van der Waals surface area contributed by atoms with Gasteiger partial charge in [0.15, 0.2) is 5.65 Å². The summed E-state index contributed by atoms with van der Waals surface area (Å²) in [5.41, 5.74) is -0.319. The van der Waals surface area contributed by atoms with E-state index in [1.54, 1.807) is 6.20 Å². The highest BCUT2D eigenvalue weighted by molar-refractivity contribution is 5.75. The van der Waals surface area contributed by atoms with Crippen molar-refractivity contribution < 1.29 is 14.6 Å². The van der Waals surface area contributed by atoms with Crippen LogP contribution in [0.1, 0.15) is 12.8 Å². The van der Waals surface area contributed by atoms with Gasteiger partial charge in [-0.15, -0.1) is 5.10 Å². The van der Waals surface area contributed by atoms with E-state index < -0.39 is 11.4 Å². The molecule has 2 aromatic heterocycles. The normalized spacial score (nSPS) is 18.0. The van der Waals surface area contributed by atoms with E-state index in [4.69, 9.17) is 4.74 Å². The fourth-order valence-corrected chi connectivity index (χ4v) is 2.28. The summed E-state index contributed by atoms with van der Waals surface area (Å²) in [7, 11) is 0. The number of hydrogen-bond acceptors (Lipinski definition) is 7. The Kier molecular flexibility index (Phi) is 3.18. The van der Waals surface area contributed by atoms with Crippen LogP contribution in [-0.4, -0.2) is 55.9 Å². The molecule has 9 heteroatoms. The highest BCUT2D eigenvalue weighted by Crippen LogP contribution is 2.31. The molecule has 2 aromatic rings. The molecular formula is C11H14N6O3. The SMILES string of the molecule is O=C(O)C1(CNc2cncc3nnnn23)CCOCC1. The third-order valence-electron chi connectivity index (χ3n) is 3.62. The molecule has 0 unspecified atom stereocenters. The van der Waals surface area contributed by atoms with Crippen LogP contribution in [0.4, 0.5) is 5.82 Å². The van der Waals surface area contributed by atoms with Gasteiger partial charge in [-0.3, -0.25) is 9.78 Å². The smallest absolute Gasteiger partial charge is 0.311 e. The number of aliphatic carboxylic acids is 1. The zero-order valence-electron chi connectivity index (χ0n) is 10.7. The highest BCUT2D eigenvalue weighted by Gasteiger charge is 2.40. The van der Waals surface area contributed by atoms with E-state index in [1.165, 1.54) is 10.7 Å². The highest BCUT2D eigenvalue weighted by atomic mass is 16.5. The lowest BCUT2D eigenvalue weighted by atomic mass is 9.80. The number of carbonyl (C=O) groups is 1. The van der Waals surface area contributed by atoms with E-state index in [0.717, 1.165) is 0 Å². The average Bonchev–Trinajstić information content (AvgIpc) is 2.95. The molecule has 0 spiro atoms. The van der Waals surface area contributed by atoms with Crippen LogP contribution >= 0.6 is 0 Å². The van der Waals surface area contributed by atoms with Gasteiger partial charge in [0.25, 0.3) is 0 Å². The number of hydrogen-bond donors (Lipinski definition) is 2. The monoisotopic (exact) mass is 278 g/mol. The molecule has 2 N–H and O–H groups in total. The van der Waals surface area contributed by atoms with Crippen molar-refractivity contribution in [3.8, 4) is 0 Å². The van der Waals surface area contributed by atoms with Gasteiger partial charge >= 0.3 is 5.97 Å². The molecule has 1 saturated heterocycles. The summed E-state index contributed by atoms with van der Waals surface area (Å²) in [6, 6.07) is 0. The number of carboxylic acids is 1. The second-order valence-electron chi connectivity index (χ2n) is 4.79. The van der Waals surface area contributed by atoms with Crippen LogP contribution in [0.5, 0.6) is 0 Å². The van der Waals surface area contributed by atoms with Crippen LogP contribution in [0.3, 0.4) is 0 Å². The third-order valence-corrected chi connectivity index (χ3v) is 3.62. The van der Waals surface area contributed by atoms with E-state index in [9.17, 15) is 9.90 Å². The number of rotatable bonds is 4. The molecule has 0 aromatic carbocycles. The predicted molar refractivity (Wildman–Crippen MR) is 67.2 cm³/mol. The van der Waals surface area contributed by atoms with Crippen LogP contribution in [0, 0.1) is 5.41 Å². The number of carboxylic acid groups (broad SMARTS) is 1. The molecule has 3 heterocycles. The number of fused-ring (bicyclic) bond motifs is 1. The van der Waals surface area contributed by atoms with Crippen LogP contribution in [0.2, 0.25) is 0 Å². The molecule has 1 aliphatic rings. The minimum Gasteiger partial charge on any atom is -0.481 e. The Morgan fingerprint density at radius 3 is 3.00 bits per heavy atom. The first-order valence-electron chi connectivity index (χ1n) is 6.28. The van der Waals surface area contributed by atoms with Crippen molar-refractivity contribution in [3.05, 3.63) is 12.4 Å². The molecule has 9 nitrogen and oxygen atoms in total. The molecule has 0 amide bonds. The summed E-state index contributed by atoms with van der Waals surface area (Å²) in [6.45, 7) is 1.20. The molecule has 0 aliphatic carbocycles. The minimum absolute atomic E-state index is 0.284. The van der Waals surface area contributed by atoms with Gasteiger partial charge < -0.3 is 15.2 Å². The van der Waals surface area contributed by atoms with Crippen LogP contribution < -0.4 is 5.32 Å². The molecule has 0 radical (unpaired) electrons. The maximum Gasteiger partial charge on any atom is 0.311 e. The Morgan fingerprint density at radius 2 is 2.25 bits per heavy atom. The summed E-state index contributed by atoms with van der Waals surface area (Å²) < 4.78 is 6.73. The van der Waals surface area contributed by atoms with Crippen molar-refractivity contribution in [2.75, 3.05) is 25.1 Å². The second kappa shape index (κ2) is 5.00. The Hall–Kier alpha value is -2.29. The van der Waals surface area contributed by atoms with Gasteiger partial charge in [-0.25, -0.2) is 0 Å². The molecule has 106 valence electrons. The zero-order valence-corrected chi connectivity index (χ0v) is 10.7. The summed E-state index contributed by atoms with van der Waals surface area (Å²) in [6.07, 6.45) is 4.06. The van der Waals surface area contributed by atoms with Crippen molar-refractivity contribution >= 4 is 17.4 Å². The number of nitrogens with one attached hydrogen (secondary N) is 1. The summed E-state index contributed by atoms with van der Waals surface area (Å²) >= 11 is 0. The number of nitrogens with zero attached hydrogens (tertiary/aromatic N) is 5. The molecule has 0 saturated carbocycles. The standard InChI is InChI=1S/C11H14N6O3/c18-10(19)11(1-3-20-4-2-11)7-13-8-5-12-6-9-14-15-16-17(8)9/h5-6,13H,1-4,7H2,(H,18,19). The van der Waals surface area contributed by atoms with Crippen LogP contribution in [0.15, 0.2) is 12.4 Å². The van der Waals surface area contributed by atoms with Gasteiger partial charge in [-0.05, 0) is 23.3 Å². The lowest BCUT2D eigenvalue weighted by molar-refractivity contribution is -0.153. The van der Waals surface area contributed by atoms with Gasteiger partial charge in [-0.2, -0.15) is 4.52 Å². The summed E-state index contributed by atoms with van der Waals surface area (Å²) in [5, 5.41) is 23.7. The maximum absolute atomic E-state index is 11.6. The molecule has 20 heavy (non-hydrogen) atoms. The first-order chi connectivity index (χ1) is 9.71. The van der Waals surface area contributed by atoms with Crippen molar-refractivity contribution in [3.63, 3.8) is 0 Å². The average molecular weight is 278 g/mol. The van der Waals surface area contributed by atoms with Crippen LogP contribution in [0.25, 0.3) is 5.65 Å². The largest absolute Gasteiger partial charge is 0.481 e. The van der Waals surface area contributed by atoms with E-state index >= 15 is 0 Å². The fourth-order valence-electron chi connectivity index (χ4n) is 2.28.